The predicted molar refractivity (Wildman–Crippen MR) is 157 cm³/mol. The molecule has 2 aromatic carbocycles. The topological polar surface area (TPSA) is 114 Å². The third kappa shape index (κ3) is 11.6. The summed E-state index contributed by atoms with van der Waals surface area (Å²) in [6, 6.07) is 17.4. The fourth-order valence-electron chi connectivity index (χ4n) is 7.92. The molecule has 4 aliphatic rings. The van der Waals surface area contributed by atoms with Gasteiger partial charge in [0.05, 0.1) is 11.6 Å². The maximum Gasteiger partial charge on any atom is 0.0768 e. The van der Waals surface area contributed by atoms with Crippen LogP contribution in [0.3, 0.4) is 0 Å². The van der Waals surface area contributed by atoms with Gasteiger partial charge in [0.1, 0.15) is 0 Å². The van der Waals surface area contributed by atoms with Gasteiger partial charge in [-0.1, -0.05) is 83.4 Å². The van der Waals surface area contributed by atoms with Crippen molar-refractivity contribution in [3.8, 4) is 0 Å². The Morgan fingerprint density at radius 3 is 1.12 bits per heavy atom. The van der Waals surface area contributed by atoms with Crippen LogP contribution in [0.5, 0.6) is 0 Å². The molecule has 4 bridgehead atoms. The van der Waals surface area contributed by atoms with Crippen molar-refractivity contribution < 1.29 is 51.1 Å². The minimum atomic E-state index is -0.562. The summed E-state index contributed by atoms with van der Waals surface area (Å²) in [5.74, 6) is -0.904. The van der Waals surface area contributed by atoms with Crippen LogP contribution < -0.4 is 10.2 Å². The van der Waals surface area contributed by atoms with Gasteiger partial charge in [0.15, 0.2) is 0 Å². The van der Waals surface area contributed by atoms with E-state index < -0.39 is 5.60 Å². The van der Waals surface area contributed by atoms with E-state index in [0.717, 1.165) is 32.1 Å². The monoisotopic (exact) mass is 608 g/mol. The number of carbonyl (C=O) groups is 4. The van der Waals surface area contributed by atoms with Crippen LogP contribution in [0.15, 0.2) is 60.7 Å². The molecule has 2 aromatic rings. The van der Waals surface area contributed by atoms with E-state index in [4.69, 9.17) is 5.11 Å². The number of hydrogen-bond donors (Lipinski definition) is 0. The zero-order valence-electron chi connectivity index (χ0n) is 25.8. The van der Waals surface area contributed by atoms with Crippen LogP contribution in [0.1, 0.15) is 101 Å². The van der Waals surface area contributed by atoms with E-state index in [1.165, 1.54) is 33.1 Å². The largest absolute Gasteiger partial charge is 0.855 e. The summed E-state index contributed by atoms with van der Waals surface area (Å²) in [6.45, 7) is 11.4. The van der Waals surface area contributed by atoms with Crippen molar-refractivity contribution in [2.45, 2.75) is 85.7 Å². The van der Waals surface area contributed by atoms with Crippen LogP contribution in [0.4, 0.5) is 0 Å². The summed E-state index contributed by atoms with van der Waals surface area (Å²) in [7, 11) is 0. The zero-order chi connectivity index (χ0) is 30.9. The molecule has 228 valence electrons. The molecule has 6 rings (SSSR count). The van der Waals surface area contributed by atoms with Gasteiger partial charge in [-0.15, -0.1) is 60.4 Å². The van der Waals surface area contributed by atoms with Gasteiger partial charge in [0.2, 0.25) is 0 Å². The second kappa shape index (κ2) is 15.8. The molecular formula is C35H44O6Ti-4. The Kier molecular flexibility index (Phi) is 14.1. The molecule has 0 atom stereocenters. The van der Waals surface area contributed by atoms with E-state index in [9.17, 15) is 24.3 Å². The Hall–Kier alpha value is -2.51. The number of carbonyl (C=O) groups excluding carboxylic acids is 4. The molecule has 0 aliphatic heterocycles. The number of hydrogen-bond acceptors (Lipinski definition) is 6. The molecule has 0 spiro atoms. The van der Waals surface area contributed by atoms with Crippen molar-refractivity contribution in [1.29, 1.82) is 0 Å². The van der Waals surface area contributed by atoms with Gasteiger partial charge in [-0.3, -0.25) is 0 Å². The van der Waals surface area contributed by atoms with Crippen LogP contribution in [0.2, 0.25) is 0 Å². The molecule has 7 heteroatoms. The molecular weight excluding hydrogens is 564 g/mol. The minimum absolute atomic E-state index is 0. The fourth-order valence-corrected chi connectivity index (χ4v) is 7.92. The minimum Gasteiger partial charge on any atom is -0.855 e. The maximum atomic E-state index is 12.6. The van der Waals surface area contributed by atoms with Gasteiger partial charge in [0, 0.05) is 33.3 Å². The smallest absolute Gasteiger partial charge is 0.0768 e. The molecule has 0 N–H and O–H groups in total. The summed E-state index contributed by atoms with van der Waals surface area (Å²) in [4.78, 5) is 43.5. The molecule has 0 amide bonds. The first-order valence-electron chi connectivity index (χ1n) is 14.2. The van der Waals surface area contributed by atoms with Gasteiger partial charge in [-0.05, 0) is 49.4 Å². The summed E-state index contributed by atoms with van der Waals surface area (Å²) in [5.41, 5.74) is 1.66. The molecule has 0 heterocycles. The number of benzene rings is 2. The standard InChI is InChI=1S/C13H21O.2C10H9O2.C2H5O.Ti/c1-10-4-11(2)6-12(3,5-10)9-13(14,7-10)8-11;2*1-8(11)7-10(12)9-5-3-2-4-6-9;1-2-3;/h4-9H2,1-3H3;2*2-7H,1H3;2H2,1H3;/q4*-1;. The fraction of sp³-hybridized carbons (Fsp3) is 0.486. The van der Waals surface area contributed by atoms with Gasteiger partial charge in [0.25, 0.3) is 0 Å². The Morgan fingerprint density at radius 2 is 0.905 bits per heavy atom. The molecule has 4 aliphatic carbocycles. The quantitative estimate of drug-likeness (QED) is 0.193. The third-order valence-corrected chi connectivity index (χ3v) is 7.59. The zero-order valence-corrected chi connectivity index (χ0v) is 27.4. The molecule has 4 fully saturated rings. The van der Waals surface area contributed by atoms with Gasteiger partial charge >= 0.3 is 0 Å². The van der Waals surface area contributed by atoms with Crippen molar-refractivity contribution in [3.05, 3.63) is 84.6 Å². The molecule has 6 nitrogen and oxygen atoms in total. The van der Waals surface area contributed by atoms with Crippen LogP contribution in [0.25, 0.3) is 0 Å². The van der Waals surface area contributed by atoms with Gasteiger partial charge in [-0.25, -0.2) is 0 Å². The maximum absolute atomic E-state index is 12.6. The van der Waals surface area contributed by atoms with Crippen LogP contribution in [0, 0.1) is 29.1 Å². The number of ketones is 4. The first-order valence-corrected chi connectivity index (χ1v) is 14.2. The van der Waals surface area contributed by atoms with E-state index in [0.29, 0.717) is 27.4 Å². The van der Waals surface area contributed by atoms with Crippen molar-refractivity contribution in [2.75, 3.05) is 6.61 Å². The molecule has 4 saturated carbocycles. The second-order valence-corrected chi connectivity index (χ2v) is 12.9. The molecule has 42 heavy (non-hydrogen) atoms. The van der Waals surface area contributed by atoms with Gasteiger partial charge < -0.3 is 29.4 Å². The van der Waals surface area contributed by atoms with Crippen LogP contribution in [-0.4, -0.2) is 35.3 Å². The molecule has 0 aromatic heterocycles. The Labute approximate surface area is 266 Å². The Balaban J connectivity index is 0.000000299. The molecule has 0 radical (unpaired) electrons. The van der Waals surface area contributed by atoms with E-state index >= 15 is 0 Å². The van der Waals surface area contributed by atoms with E-state index in [2.05, 4.69) is 20.8 Å². The molecule has 0 unspecified atom stereocenters. The first kappa shape index (κ1) is 37.5. The Bertz CT molecular complexity index is 1030. The van der Waals surface area contributed by atoms with Crippen molar-refractivity contribution in [3.63, 3.8) is 0 Å². The van der Waals surface area contributed by atoms with E-state index in [1.54, 1.807) is 55.5 Å². The summed E-state index contributed by atoms with van der Waals surface area (Å²) < 4.78 is 0. The van der Waals surface area contributed by atoms with Crippen LogP contribution >= 0.6 is 0 Å². The summed E-state index contributed by atoms with van der Waals surface area (Å²) in [5, 5.41) is 21.5. The number of rotatable bonds is 6. The summed E-state index contributed by atoms with van der Waals surface area (Å²) >= 11 is 0. The van der Waals surface area contributed by atoms with Crippen LogP contribution in [-0.2, 0) is 31.3 Å². The predicted octanol–water partition coefficient (Wildman–Crippen LogP) is 5.18. The Morgan fingerprint density at radius 1 is 0.643 bits per heavy atom. The average Bonchev–Trinajstić information content (AvgIpc) is 2.82. The second-order valence-electron chi connectivity index (χ2n) is 12.9. The van der Waals surface area contributed by atoms with Crippen molar-refractivity contribution in [2.24, 2.45) is 16.2 Å². The molecule has 0 saturated heterocycles. The van der Waals surface area contributed by atoms with E-state index in [1.807, 2.05) is 12.1 Å². The third-order valence-electron chi connectivity index (χ3n) is 7.59. The summed E-state index contributed by atoms with van der Waals surface area (Å²) in [6.07, 6.45) is 8.95. The van der Waals surface area contributed by atoms with Gasteiger partial charge in [-0.2, -0.15) is 0 Å². The van der Waals surface area contributed by atoms with Crippen molar-refractivity contribution >= 4 is 23.1 Å². The SMILES string of the molecule is CC(=O)[CH-]C(=O)c1ccccc1.CC(=O)[CH-]C(=O)c1ccccc1.CC12CC3(C)CC(C)(C1)CC([O-])(C2)C3.CC[O-].[Ti]. The number of Topliss-reactive ketones (excluding diaryl/α,β-unsaturated/α-hetero) is 4. The average molecular weight is 609 g/mol. The normalized spacial score (nSPS) is 27.6. The van der Waals surface area contributed by atoms with E-state index in [-0.39, 0.29) is 51.5 Å². The first-order chi connectivity index (χ1) is 19.1. The van der Waals surface area contributed by atoms with Crippen molar-refractivity contribution in [1.82, 2.24) is 0 Å².